The maximum Gasteiger partial charge on any atom is 0.246 e. The van der Waals surface area contributed by atoms with Crippen LogP contribution in [0.1, 0.15) is 25.8 Å². The molecule has 0 fully saturated rings. The van der Waals surface area contributed by atoms with Crippen molar-refractivity contribution < 1.29 is 9.53 Å². The van der Waals surface area contributed by atoms with Crippen LogP contribution >= 0.6 is 0 Å². The van der Waals surface area contributed by atoms with Crippen LogP contribution in [-0.4, -0.2) is 48.0 Å². The zero-order valence-corrected chi connectivity index (χ0v) is 16.6. The van der Waals surface area contributed by atoms with E-state index in [-0.39, 0.29) is 12.5 Å². The van der Waals surface area contributed by atoms with Crippen molar-refractivity contribution in [2.75, 3.05) is 31.6 Å². The zero-order valence-electron chi connectivity index (χ0n) is 16.6. The quantitative estimate of drug-likeness (QED) is 0.312. The monoisotopic (exact) mass is 386 g/mol. The lowest BCUT2D eigenvalue weighted by molar-refractivity contribution is -0.116. The van der Waals surface area contributed by atoms with Gasteiger partial charge < -0.3 is 20.7 Å². The number of ether oxygens (including phenoxy) is 1. The number of guanidine groups is 1. The second-order valence-electron chi connectivity index (χ2n) is 6.12. The molecular weight excluding hydrogens is 356 g/mol. The molecule has 0 spiro atoms. The van der Waals surface area contributed by atoms with Crippen molar-refractivity contribution in [3.63, 3.8) is 0 Å². The molecule has 3 N–H and O–H groups in total. The summed E-state index contributed by atoms with van der Waals surface area (Å²) in [7, 11) is 0. The van der Waals surface area contributed by atoms with Gasteiger partial charge in [0.15, 0.2) is 5.96 Å². The SMILES string of the molecule is CCNC(=NCc1cccc(NC(=O)Cn2cccn2)c1)NCCCOCC. The van der Waals surface area contributed by atoms with E-state index >= 15 is 0 Å². The molecule has 0 aliphatic carbocycles. The number of carbonyl (C=O) groups is 1. The number of hydrogen-bond donors (Lipinski definition) is 3. The highest BCUT2D eigenvalue weighted by atomic mass is 16.5. The molecule has 1 aromatic heterocycles. The third kappa shape index (κ3) is 8.22. The summed E-state index contributed by atoms with van der Waals surface area (Å²) in [5.41, 5.74) is 1.77. The highest BCUT2D eigenvalue weighted by Gasteiger charge is 2.04. The topological polar surface area (TPSA) is 92.6 Å². The third-order valence-corrected chi connectivity index (χ3v) is 3.80. The minimum absolute atomic E-state index is 0.117. The molecule has 1 aromatic carbocycles. The Balaban J connectivity index is 1.86. The molecule has 28 heavy (non-hydrogen) atoms. The molecule has 1 heterocycles. The van der Waals surface area contributed by atoms with E-state index in [9.17, 15) is 4.79 Å². The van der Waals surface area contributed by atoms with Gasteiger partial charge in [0.1, 0.15) is 6.54 Å². The molecule has 2 aromatic rings. The maximum atomic E-state index is 12.1. The summed E-state index contributed by atoms with van der Waals surface area (Å²) in [5.74, 6) is 0.653. The average molecular weight is 387 g/mol. The van der Waals surface area contributed by atoms with Crippen LogP contribution < -0.4 is 16.0 Å². The standard InChI is InChI=1S/C20H30N6O2/c1-3-21-20(22-10-7-13-28-4-2)23-15-17-8-5-9-18(14-17)25-19(27)16-26-12-6-11-24-26/h5-6,8-9,11-12,14H,3-4,7,10,13,15-16H2,1-2H3,(H,25,27)(H2,21,22,23). The van der Waals surface area contributed by atoms with Crippen LogP contribution in [0.4, 0.5) is 5.69 Å². The Kier molecular flexibility index (Phi) is 9.57. The van der Waals surface area contributed by atoms with Crippen LogP contribution in [0.25, 0.3) is 0 Å². The van der Waals surface area contributed by atoms with E-state index in [0.29, 0.717) is 6.54 Å². The van der Waals surface area contributed by atoms with E-state index < -0.39 is 0 Å². The predicted octanol–water partition coefficient (Wildman–Crippen LogP) is 2.00. The smallest absolute Gasteiger partial charge is 0.246 e. The second-order valence-corrected chi connectivity index (χ2v) is 6.12. The highest BCUT2D eigenvalue weighted by molar-refractivity contribution is 5.90. The second kappa shape index (κ2) is 12.5. The average Bonchev–Trinajstić information content (AvgIpc) is 3.19. The summed E-state index contributed by atoms with van der Waals surface area (Å²) in [6.45, 7) is 7.80. The minimum Gasteiger partial charge on any atom is -0.382 e. The van der Waals surface area contributed by atoms with Gasteiger partial charge in [0, 0.05) is 44.4 Å². The molecule has 0 aliphatic heterocycles. The van der Waals surface area contributed by atoms with E-state index in [4.69, 9.17) is 4.74 Å². The fourth-order valence-electron chi connectivity index (χ4n) is 2.53. The predicted molar refractivity (Wildman–Crippen MR) is 111 cm³/mol. The Bertz CT molecular complexity index is 730. The van der Waals surface area contributed by atoms with Crippen molar-refractivity contribution in [2.45, 2.75) is 33.4 Å². The Morgan fingerprint density at radius 1 is 1.25 bits per heavy atom. The molecule has 0 atom stereocenters. The maximum absolute atomic E-state index is 12.1. The third-order valence-electron chi connectivity index (χ3n) is 3.80. The van der Waals surface area contributed by atoms with Crippen LogP contribution in [0.3, 0.4) is 0 Å². The zero-order chi connectivity index (χ0) is 20.0. The Hall–Kier alpha value is -2.87. The van der Waals surface area contributed by atoms with Gasteiger partial charge in [0.2, 0.25) is 5.91 Å². The van der Waals surface area contributed by atoms with Gasteiger partial charge in [-0.25, -0.2) is 4.99 Å². The number of nitrogens with zero attached hydrogens (tertiary/aromatic N) is 3. The van der Waals surface area contributed by atoms with Crippen LogP contribution in [0, 0.1) is 0 Å². The van der Waals surface area contributed by atoms with Crippen molar-refractivity contribution in [2.24, 2.45) is 4.99 Å². The molecule has 152 valence electrons. The van der Waals surface area contributed by atoms with E-state index in [0.717, 1.165) is 49.9 Å². The largest absolute Gasteiger partial charge is 0.382 e. The first-order valence-corrected chi connectivity index (χ1v) is 9.67. The lowest BCUT2D eigenvalue weighted by atomic mass is 10.2. The summed E-state index contributed by atoms with van der Waals surface area (Å²) in [5, 5.41) is 13.5. The highest BCUT2D eigenvalue weighted by Crippen LogP contribution is 2.11. The van der Waals surface area contributed by atoms with E-state index in [1.54, 1.807) is 23.1 Å². The summed E-state index contributed by atoms with van der Waals surface area (Å²) in [6, 6.07) is 9.50. The first kappa shape index (κ1) is 21.4. The van der Waals surface area contributed by atoms with Crippen molar-refractivity contribution >= 4 is 17.6 Å². The lowest BCUT2D eigenvalue weighted by Gasteiger charge is -2.11. The van der Waals surface area contributed by atoms with Gasteiger partial charge >= 0.3 is 0 Å². The first-order valence-electron chi connectivity index (χ1n) is 9.67. The van der Waals surface area contributed by atoms with Crippen molar-refractivity contribution in [3.8, 4) is 0 Å². The Labute approximate surface area is 166 Å². The molecule has 0 bridgehead atoms. The van der Waals surface area contributed by atoms with E-state index in [2.05, 4.69) is 26.0 Å². The van der Waals surface area contributed by atoms with Crippen LogP contribution in [0.15, 0.2) is 47.7 Å². The van der Waals surface area contributed by atoms with Gasteiger partial charge in [-0.3, -0.25) is 9.48 Å². The number of anilines is 1. The van der Waals surface area contributed by atoms with Gasteiger partial charge in [-0.15, -0.1) is 0 Å². The summed E-state index contributed by atoms with van der Waals surface area (Å²) < 4.78 is 6.93. The van der Waals surface area contributed by atoms with Gasteiger partial charge in [-0.05, 0) is 44.0 Å². The number of hydrogen-bond acceptors (Lipinski definition) is 4. The molecule has 8 nitrogen and oxygen atoms in total. The van der Waals surface area contributed by atoms with Gasteiger partial charge in [0.25, 0.3) is 0 Å². The molecule has 0 unspecified atom stereocenters. The molecule has 8 heteroatoms. The molecular formula is C20H30N6O2. The van der Waals surface area contributed by atoms with Crippen molar-refractivity contribution in [1.82, 2.24) is 20.4 Å². The first-order chi connectivity index (χ1) is 13.7. The number of rotatable bonds is 11. The number of nitrogens with one attached hydrogen (secondary N) is 3. The van der Waals surface area contributed by atoms with Gasteiger partial charge in [-0.1, -0.05) is 12.1 Å². The summed E-state index contributed by atoms with van der Waals surface area (Å²) in [6.07, 6.45) is 4.34. The van der Waals surface area contributed by atoms with Crippen LogP contribution in [0.2, 0.25) is 0 Å². The lowest BCUT2D eigenvalue weighted by Crippen LogP contribution is -2.38. The van der Waals surface area contributed by atoms with E-state index in [1.807, 2.05) is 38.1 Å². The Morgan fingerprint density at radius 2 is 2.14 bits per heavy atom. The van der Waals surface area contributed by atoms with Gasteiger partial charge in [-0.2, -0.15) is 5.10 Å². The molecule has 0 saturated carbocycles. The normalized spacial score (nSPS) is 11.3. The molecule has 1 amide bonds. The van der Waals surface area contributed by atoms with Gasteiger partial charge in [0.05, 0.1) is 6.54 Å². The van der Waals surface area contributed by atoms with Crippen molar-refractivity contribution in [1.29, 1.82) is 0 Å². The van der Waals surface area contributed by atoms with Crippen LogP contribution in [-0.2, 0) is 22.6 Å². The number of benzene rings is 1. The fraction of sp³-hybridized carbons (Fsp3) is 0.450. The fourth-order valence-corrected chi connectivity index (χ4v) is 2.53. The number of aromatic nitrogens is 2. The van der Waals surface area contributed by atoms with Crippen LogP contribution in [0.5, 0.6) is 0 Å². The number of carbonyl (C=O) groups excluding carboxylic acids is 1. The molecule has 0 aliphatic rings. The molecule has 2 rings (SSSR count). The molecule has 0 radical (unpaired) electrons. The summed E-state index contributed by atoms with van der Waals surface area (Å²) in [4.78, 5) is 16.7. The number of aliphatic imine (C=N–C) groups is 1. The van der Waals surface area contributed by atoms with Crippen molar-refractivity contribution in [3.05, 3.63) is 48.3 Å². The minimum atomic E-state index is -0.117. The summed E-state index contributed by atoms with van der Waals surface area (Å²) >= 11 is 0. The number of amides is 1. The Morgan fingerprint density at radius 3 is 2.89 bits per heavy atom. The van der Waals surface area contributed by atoms with E-state index in [1.165, 1.54) is 0 Å². The molecule has 0 saturated heterocycles.